The number of ether oxygens (including phenoxy) is 1. The third-order valence-corrected chi connectivity index (χ3v) is 5.03. The molecule has 3 aromatic rings. The highest BCUT2D eigenvalue weighted by Crippen LogP contribution is 2.30. The van der Waals surface area contributed by atoms with Crippen LogP contribution in [0.15, 0.2) is 56.3 Å². The fourth-order valence-electron chi connectivity index (χ4n) is 3.02. The summed E-state index contributed by atoms with van der Waals surface area (Å²) < 4.78 is 12.3. The third kappa shape index (κ3) is 4.72. The Morgan fingerprint density at radius 2 is 1.81 bits per heavy atom. The maximum Gasteiger partial charge on any atom is 0.204 e. The van der Waals surface area contributed by atoms with Gasteiger partial charge in [-0.05, 0) is 24.1 Å². The Morgan fingerprint density at radius 1 is 1.07 bits per heavy atom. The van der Waals surface area contributed by atoms with Gasteiger partial charge in [0, 0.05) is 16.6 Å². The zero-order valence-electron chi connectivity index (χ0n) is 15.3. The number of hydrogen-bond donors (Lipinski definition) is 1. The van der Waals surface area contributed by atoms with Crippen molar-refractivity contribution in [3.8, 4) is 22.6 Å². The number of hydrogen-bond acceptors (Lipinski definition) is 4. The molecule has 0 fully saturated rings. The van der Waals surface area contributed by atoms with Crippen molar-refractivity contribution in [3.05, 3.63) is 57.4 Å². The Morgan fingerprint density at radius 3 is 2.56 bits per heavy atom. The van der Waals surface area contributed by atoms with Gasteiger partial charge in [-0.15, -0.1) is 0 Å². The standard InChI is InChI=1S/C22H23BrO4/c1-2-3-4-5-6-11-26-17-12-19(24)21-20(13-17)27-14-18(22(21)25)15-7-9-16(23)10-8-15/h7-10,12-14,24H,2-6,11H2,1H3. The Kier molecular flexibility index (Phi) is 6.56. The van der Waals surface area contributed by atoms with Crippen molar-refractivity contribution in [2.75, 3.05) is 6.61 Å². The molecule has 0 amide bonds. The quantitative estimate of drug-likeness (QED) is 0.427. The number of rotatable bonds is 8. The highest BCUT2D eigenvalue weighted by Gasteiger charge is 2.14. The van der Waals surface area contributed by atoms with Gasteiger partial charge < -0.3 is 14.3 Å². The molecule has 2 aromatic carbocycles. The van der Waals surface area contributed by atoms with Gasteiger partial charge >= 0.3 is 0 Å². The molecule has 0 aliphatic heterocycles. The molecule has 3 rings (SSSR count). The molecule has 0 aliphatic carbocycles. The van der Waals surface area contributed by atoms with Crippen LogP contribution in [0.3, 0.4) is 0 Å². The molecule has 27 heavy (non-hydrogen) atoms. The van der Waals surface area contributed by atoms with Crippen LogP contribution >= 0.6 is 15.9 Å². The van der Waals surface area contributed by atoms with E-state index in [1.54, 1.807) is 6.07 Å². The lowest BCUT2D eigenvalue weighted by atomic mass is 10.1. The average Bonchev–Trinajstić information content (AvgIpc) is 2.65. The van der Waals surface area contributed by atoms with E-state index < -0.39 is 0 Å². The average molecular weight is 431 g/mol. The maximum atomic E-state index is 12.8. The van der Waals surface area contributed by atoms with Crippen molar-refractivity contribution in [2.24, 2.45) is 0 Å². The van der Waals surface area contributed by atoms with Gasteiger partial charge in [0.05, 0.1) is 12.2 Å². The number of halogens is 1. The number of unbranched alkanes of at least 4 members (excludes halogenated alkanes) is 4. The first-order valence-corrected chi connectivity index (χ1v) is 10.1. The highest BCUT2D eigenvalue weighted by molar-refractivity contribution is 9.10. The minimum Gasteiger partial charge on any atom is -0.507 e. The molecule has 0 unspecified atom stereocenters. The summed E-state index contributed by atoms with van der Waals surface area (Å²) in [5, 5.41) is 10.5. The molecule has 0 saturated heterocycles. The van der Waals surface area contributed by atoms with E-state index >= 15 is 0 Å². The van der Waals surface area contributed by atoms with Crippen molar-refractivity contribution in [3.63, 3.8) is 0 Å². The minimum absolute atomic E-state index is 0.124. The molecule has 142 valence electrons. The van der Waals surface area contributed by atoms with E-state index in [1.807, 2.05) is 24.3 Å². The van der Waals surface area contributed by atoms with Crippen LogP contribution in [0.25, 0.3) is 22.1 Å². The van der Waals surface area contributed by atoms with Crippen molar-refractivity contribution in [1.82, 2.24) is 0 Å². The Bertz CT molecular complexity index is 960. The van der Waals surface area contributed by atoms with Crippen LogP contribution < -0.4 is 10.2 Å². The monoisotopic (exact) mass is 430 g/mol. The fourth-order valence-corrected chi connectivity index (χ4v) is 3.28. The zero-order valence-corrected chi connectivity index (χ0v) is 16.9. The summed E-state index contributed by atoms with van der Waals surface area (Å²) in [5.41, 5.74) is 1.21. The number of fused-ring (bicyclic) bond motifs is 1. The lowest BCUT2D eigenvalue weighted by Gasteiger charge is -2.09. The molecular formula is C22H23BrO4. The molecule has 1 heterocycles. The van der Waals surface area contributed by atoms with Crippen LogP contribution in [0, 0.1) is 0 Å². The van der Waals surface area contributed by atoms with E-state index in [1.165, 1.54) is 31.6 Å². The second-order valence-corrected chi connectivity index (χ2v) is 7.48. The molecule has 0 radical (unpaired) electrons. The minimum atomic E-state index is -0.262. The van der Waals surface area contributed by atoms with Gasteiger partial charge in [-0.1, -0.05) is 60.7 Å². The Hall–Kier alpha value is -2.27. The molecule has 1 N–H and O–H groups in total. The normalized spacial score (nSPS) is 11.0. The number of phenols is 1. The predicted octanol–water partition coefficient (Wildman–Crippen LogP) is 6.28. The van der Waals surface area contributed by atoms with Gasteiger partial charge in [-0.25, -0.2) is 0 Å². The summed E-state index contributed by atoms with van der Waals surface area (Å²) >= 11 is 3.38. The highest BCUT2D eigenvalue weighted by atomic mass is 79.9. The molecule has 1 aromatic heterocycles. The summed E-state index contributed by atoms with van der Waals surface area (Å²) in [6.45, 7) is 2.76. The van der Waals surface area contributed by atoms with Gasteiger partial charge in [-0.3, -0.25) is 4.79 Å². The van der Waals surface area contributed by atoms with Crippen LogP contribution in [0.1, 0.15) is 39.0 Å². The first-order valence-electron chi connectivity index (χ1n) is 9.27. The topological polar surface area (TPSA) is 59.7 Å². The van der Waals surface area contributed by atoms with E-state index in [0.717, 1.165) is 22.9 Å². The first-order chi connectivity index (χ1) is 13.1. The van der Waals surface area contributed by atoms with Gasteiger partial charge in [0.2, 0.25) is 5.43 Å². The largest absolute Gasteiger partial charge is 0.507 e. The molecule has 5 heteroatoms. The van der Waals surface area contributed by atoms with Crippen molar-refractivity contribution in [1.29, 1.82) is 0 Å². The van der Waals surface area contributed by atoms with E-state index in [0.29, 0.717) is 23.5 Å². The van der Waals surface area contributed by atoms with E-state index in [2.05, 4.69) is 22.9 Å². The van der Waals surface area contributed by atoms with Crippen LogP contribution in [-0.4, -0.2) is 11.7 Å². The SMILES string of the molecule is CCCCCCCOc1cc(O)c2c(=O)c(-c3ccc(Br)cc3)coc2c1. The summed E-state index contributed by atoms with van der Waals surface area (Å²) in [6.07, 6.45) is 7.17. The van der Waals surface area contributed by atoms with Crippen LogP contribution in [0.4, 0.5) is 0 Å². The number of phenolic OH excluding ortho intramolecular Hbond substituents is 1. The number of benzene rings is 2. The van der Waals surface area contributed by atoms with Crippen LogP contribution in [0.5, 0.6) is 11.5 Å². The van der Waals surface area contributed by atoms with E-state index in [9.17, 15) is 9.90 Å². The van der Waals surface area contributed by atoms with Crippen molar-refractivity contribution < 1.29 is 14.3 Å². The number of aromatic hydroxyl groups is 1. The smallest absolute Gasteiger partial charge is 0.204 e. The van der Waals surface area contributed by atoms with E-state index in [-0.39, 0.29) is 16.6 Å². The van der Waals surface area contributed by atoms with Gasteiger partial charge in [0.25, 0.3) is 0 Å². The van der Waals surface area contributed by atoms with Gasteiger partial charge in [0.1, 0.15) is 28.7 Å². The summed E-state index contributed by atoms with van der Waals surface area (Å²) in [6, 6.07) is 10.5. The third-order valence-electron chi connectivity index (χ3n) is 4.50. The van der Waals surface area contributed by atoms with Crippen molar-refractivity contribution >= 4 is 26.9 Å². The van der Waals surface area contributed by atoms with Crippen LogP contribution in [-0.2, 0) is 0 Å². The molecule has 0 atom stereocenters. The Balaban J connectivity index is 1.81. The lowest BCUT2D eigenvalue weighted by Crippen LogP contribution is -2.05. The second kappa shape index (κ2) is 9.09. The van der Waals surface area contributed by atoms with Crippen molar-refractivity contribution in [2.45, 2.75) is 39.0 Å². The predicted molar refractivity (Wildman–Crippen MR) is 112 cm³/mol. The summed E-state index contributed by atoms with van der Waals surface area (Å²) in [7, 11) is 0. The van der Waals surface area contributed by atoms with Gasteiger partial charge in [0.15, 0.2) is 0 Å². The summed E-state index contributed by atoms with van der Waals surface area (Å²) in [4.78, 5) is 12.8. The fraction of sp³-hybridized carbons (Fsp3) is 0.318. The molecule has 0 aliphatic rings. The molecule has 0 bridgehead atoms. The molecule has 0 saturated carbocycles. The van der Waals surface area contributed by atoms with Crippen LogP contribution in [0.2, 0.25) is 0 Å². The van der Waals surface area contributed by atoms with E-state index in [4.69, 9.17) is 9.15 Å². The van der Waals surface area contributed by atoms with Gasteiger partial charge in [-0.2, -0.15) is 0 Å². The first kappa shape index (κ1) is 19.5. The lowest BCUT2D eigenvalue weighted by molar-refractivity contribution is 0.303. The maximum absolute atomic E-state index is 12.8. The molecular weight excluding hydrogens is 408 g/mol. The summed E-state index contributed by atoms with van der Waals surface area (Å²) in [5.74, 6) is 0.385. The molecule has 0 spiro atoms. The Labute approximate surface area is 166 Å². The molecule has 4 nitrogen and oxygen atoms in total. The second-order valence-electron chi connectivity index (χ2n) is 6.56. The zero-order chi connectivity index (χ0) is 19.2.